The Bertz CT molecular complexity index is 500. The first-order valence-electron chi connectivity index (χ1n) is 5.98. The number of carboxylic acids is 2. The molecule has 1 aromatic heterocycles. The van der Waals surface area contributed by atoms with Crippen molar-refractivity contribution in [1.82, 2.24) is 10.6 Å². The van der Waals surface area contributed by atoms with Crippen molar-refractivity contribution >= 4 is 29.3 Å². The van der Waals surface area contributed by atoms with Gasteiger partial charge in [0, 0.05) is 4.88 Å². The van der Waals surface area contributed by atoms with E-state index in [9.17, 15) is 14.4 Å². The van der Waals surface area contributed by atoms with Crippen LogP contribution >= 0.6 is 11.3 Å². The van der Waals surface area contributed by atoms with E-state index in [0.717, 1.165) is 16.9 Å². The third-order valence-corrected chi connectivity index (χ3v) is 3.57. The molecular weight excluding hydrogens is 284 g/mol. The highest BCUT2D eigenvalue weighted by Gasteiger charge is 2.22. The van der Waals surface area contributed by atoms with Gasteiger partial charge in [-0.05, 0) is 23.4 Å². The molecule has 110 valence electrons. The zero-order valence-electron chi connectivity index (χ0n) is 10.9. The molecule has 0 aliphatic carbocycles. The maximum Gasteiger partial charge on any atom is 0.326 e. The summed E-state index contributed by atoms with van der Waals surface area (Å²) in [6, 6.07) is -0.181. The van der Waals surface area contributed by atoms with Crippen molar-refractivity contribution in [2.45, 2.75) is 32.4 Å². The maximum atomic E-state index is 11.6. The molecule has 0 aromatic carbocycles. The van der Waals surface area contributed by atoms with E-state index in [4.69, 9.17) is 10.2 Å². The largest absolute Gasteiger partial charge is 0.481 e. The number of carbonyl (C=O) groups excluding carboxylic acids is 1. The number of carbonyl (C=O) groups is 3. The quantitative estimate of drug-likeness (QED) is 0.600. The minimum absolute atomic E-state index is 0.284. The van der Waals surface area contributed by atoms with Crippen LogP contribution in [0.3, 0.4) is 0 Å². The van der Waals surface area contributed by atoms with Crippen molar-refractivity contribution in [3.63, 3.8) is 0 Å². The highest BCUT2D eigenvalue weighted by atomic mass is 32.1. The fraction of sp³-hybridized carbons (Fsp3) is 0.417. The normalized spacial score (nSPS) is 11.7. The highest BCUT2D eigenvalue weighted by Crippen LogP contribution is 2.16. The number of hydrogen-bond donors (Lipinski definition) is 4. The van der Waals surface area contributed by atoms with Crippen molar-refractivity contribution in [3.8, 4) is 0 Å². The van der Waals surface area contributed by atoms with Gasteiger partial charge >= 0.3 is 18.0 Å². The topological polar surface area (TPSA) is 116 Å². The number of urea groups is 1. The molecule has 0 spiro atoms. The van der Waals surface area contributed by atoms with E-state index in [-0.39, 0.29) is 6.54 Å². The number of hydrogen-bond acceptors (Lipinski definition) is 4. The maximum absolute atomic E-state index is 11.6. The molecule has 0 aliphatic heterocycles. The molecular formula is C12H16N2O5S. The molecule has 8 heteroatoms. The Morgan fingerprint density at radius 2 is 2.05 bits per heavy atom. The average Bonchev–Trinajstić information content (AvgIpc) is 2.82. The molecule has 4 N–H and O–H groups in total. The van der Waals surface area contributed by atoms with Gasteiger partial charge in [-0.15, -0.1) is 11.3 Å². The molecule has 0 bridgehead atoms. The van der Waals surface area contributed by atoms with Gasteiger partial charge in [0.25, 0.3) is 0 Å². The van der Waals surface area contributed by atoms with Crippen LogP contribution in [0.2, 0.25) is 0 Å². The second-order valence-corrected chi connectivity index (χ2v) is 5.04. The lowest BCUT2D eigenvalue weighted by atomic mass is 10.2. The monoisotopic (exact) mass is 300 g/mol. The Kier molecular flexibility index (Phi) is 5.98. The van der Waals surface area contributed by atoms with Crippen LogP contribution in [-0.4, -0.2) is 34.2 Å². The first-order chi connectivity index (χ1) is 9.43. The van der Waals surface area contributed by atoms with E-state index < -0.39 is 30.4 Å². The summed E-state index contributed by atoms with van der Waals surface area (Å²) in [7, 11) is 0. The number of aliphatic carboxylic acids is 2. The smallest absolute Gasteiger partial charge is 0.326 e. The van der Waals surface area contributed by atoms with Gasteiger partial charge in [-0.2, -0.15) is 0 Å². The lowest BCUT2D eigenvalue weighted by Crippen LogP contribution is -2.46. The predicted molar refractivity (Wildman–Crippen MR) is 72.7 cm³/mol. The second kappa shape index (κ2) is 7.49. The summed E-state index contributed by atoms with van der Waals surface area (Å²) >= 11 is 1.50. The summed E-state index contributed by atoms with van der Waals surface area (Å²) in [6.07, 6.45) is 0.181. The molecule has 7 nitrogen and oxygen atoms in total. The summed E-state index contributed by atoms with van der Waals surface area (Å²) in [6.45, 7) is 2.28. The summed E-state index contributed by atoms with van der Waals surface area (Å²) in [4.78, 5) is 33.8. The minimum Gasteiger partial charge on any atom is -0.481 e. The Morgan fingerprint density at radius 1 is 1.35 bits per heavy atom. The lowest BCUT2D eigenvalue weighted by Gasteiger charge is -2.13. The Labute approximate surface area is 119 Å². The average molecular weight is 300 g/mol. The van der Waals surface area contributed by atoms with Crippen LogP contribution in [0.4, 0.5) is 4.79 Å². The minimum atomic E-state index is -1.44. The number of carboxylic acid groups (broad SMARTS) is 2. The van der Waals surface area contributed by atoms with Gasteiger partial charge in [0.1, 0.15) is 6.04 Å². The molecule has 1 heterocycles. The van der Waals surface area contributed by atoms with Crippen molar-refractivity contribution < 1.29 is 24.6 Å². The van der Waals surface area contributed by atoms with E-state index in [1.807, 2.05) is 18.4 Å². The fourth-order valence-corrected chi connectivity index (χ4v) is 2.50. The van der Waals surface area contributed by atoms with Gasteiger partial charge in [-0.3, -0.25) is 4.79 Å². The highest BCUT2D eigenvalue weighted by molar-refractivity contribution is 7.10. The molecule has 0 saturated heterocycles. The standard InChI is InChI=1S/C12H16N2O5S/c1-2-7-3-4-20-9(7)6-13-12(19)14-8(11(17)18)5-10(15)16/h3-4,8H,2,5-6H2,1H3,(H,15,16)(H,17,18)(H2,13,14,19). The van der Waals surface area contributed by atoms with E-state index in [0.29, 0.717) is 0 Å². The van der Waals surface area contributed by atoms with Gasteiger partial charge in [0.2, 0.25) is 0 Å². The van der Waals surface area contributed by atoms with Gasteiger partial charge < -0.3 is 20.8 Å². The summed E-state index contributed by atoms with van der Waals surface area (Å²) in [5.41, 5.74) is 1.12. The molecule has 20 heavy (non-hydrogen) atoms. The van der Waals surface area contributed by atoms with Crippen molar-refractivity contribution in [2.75, 3.05) is 0 Å². The molecule has 0 radical (unpaired) electrons. The zero-order chi connectivity index (χ0) is 15.1. The molecule has 0 saturated carbocycles. The number of nitrogens with one attached hydrogen (secondary N) is 2. The third kappa shape index (κ3) is 4.88. The molecule has 2 amide bonds. The number of rotatable bonds is 7. The lowest BCUT2D eigenvalue weighted by molar-refractivity contribution is -0.145. The van der Waals surface area contributed by atoms with E-state index in [1.165, 1.54) is 11.3 Å². The van der Waals surface area contributed by atoms with Crippen LogP contribution in [0, 0.1) is 0 Å². The van der Waals surface area contributed by atoms with E-state index in [1.54, 1.807) is 0 Å². The van der Waals surface area contributed by atoms with Crippen LogP contribution in [0.5, 0.6) is 0 Å². The molecule has 0 fully saturated rings. The van der Waals surface area contributed by atoms with Crippen LogP contribution in [0.25, 0.3) is 0 Å². The number of thiophene rings is 1. The third-order valence-electron chi connectivity index (χ3n) is 2.61. The van der Waals surface area contributed by atoms with Crippen LogP contribution < -0.4 is 10.6 Å². The summed E-state index contributed by atoms with van der Waals surface area (Å²) < 4.78 is 0. The van der Waals surface area contributed by atoms with Crippen LogP contribution in [0.15, 0.2) is 11.4 Å². The van der Waals surface area contributed by atoms with Gasteiger partial charge in [-0.1, -0.05) is 6.92 Å². The van der Waals surface area contributed by atoms with E-state index >= 15 is 0 Å². The zero-order valence-corrected chi connectivity index (χ0v) is 11.7. The van der Waals surface area contributed by atoms with Crippen molar-refractivity contribution in [3.05, 3.63) is 21.9 Å². The molecule has 1 aromatic rings. The first-order valence-corrected chi connectivity index (χ1v) is 6.86. The van der Waals surface area contributed by atoms with Crippen molar-refractivity contribution in [2.24, 2.45) is 0 Å². The van der Waals surface area contributed by atoms with Crippen LogP contribution in [0.1, 0.15) is 23.8 Å². The Hall–Kier alpha value is -2.09. The molecule has 0 aliphatic rings. The van der Waals surface area contributed by atoms with Gasteiger partial charge in [0.15, 0.2) is 0 Å². The van der Waals surface area contributed by atoms with Gasteiger partial charge in [-0.25, -0.2) is 9.59 Å². The van der Waals surface area contributed by atoms with E-state index in [2.05, 4.69) is 10.6 Å². The molecule has 1 unspecified atom stereocenters. The number of amides is 2. The second-order valence-electron chi connectivity index (χ2n) is 4.04. The Morgan fingerprint density at radius 3 is 2.60 bits per heavy atom. The fourth-order valence-electron chi connectivity index (χ4n) is 1.58. The predicted octanol–water partition coefficient (Wildman–Crippen LogP) is 1.04. The number of aryl methyl sites for hydroxylation is 1. The SMILES string of the molecule is CCc1ccsc1CNC(=O)NC(CC(=O)O)C(=O)O. The van der Waals surface area contributed by atoms with Crippen LogP contribution in [-0.2, 0) is 22.6 Å². The molecule has 1 rings (SSSR count). The van der Waals surface area contributed by atoms with Gasteiger partial charge in [0.05, 0.1) is 13.0 Å². The first kappa shape index (κ1) is 16.0. The van der Waals surface area contributed by atoms with Crippen molar-refractivity contribution in [1.29, 1.82) is 0 Å². The molecule has 1 atom stereocenters. The summed E-state index contributed by atoms with van der Waals surface area (Å²) in [5, 5.41) is 23.9. The summed E-state index contributed by atoms with van der Waals surface area (Å²) in [5.74, 6) is -2.67. The Balaban J connectivity index is 2.50.